The fourth-order valence-electron chi connectivity index (χ4n) is 4.74. The summed E-state index contributed by atoms with van der Waals surface area (Å²) in [6.45, 7) is 8.69. The standard InChI is InChI=1S/C23H36O2/c1-4-6-18-16-24-22(25-17-18)21-9-7-19(8-10-21)20-11-14-23(3,13-5-2)15-12-20/h7-10,18,20,22H,4-6,11-17H2,1-3H3. The molecule has 2 heteroatoms. The molecule has 0 N–H and O–H groups in total. The lowest BCUT2D eigenvalue weighted by Gasteiger charge is -2.37. The average molecular weight is 345 g/mol. The topological polar surface area (TPSA) is 18.5 Å². The van der Waals surface area contributed by atoms with Gasteiger partial charge in [-0.25, -0.2) is 0 Å². The van der Waals surface area contributed by atoms with Crippen LogP contribution in [-0.4, -0.2) is 13.2 Å². The molecule has 1 aromatic rings. The Bertz CT molecular complexity index is 505. The maximum absolute atomic E-state index is 5.95. The van der Waals surface area contributed by atoms with Gasteiger partial charge in [0.15, 0.2) is 6.29 Å². The van der Waals surface area contributed by atoms with Crippen molar-refractivity contribution < 1.29 is 9.47 Å². The first kappa shape index (κ1) is 18.9. The molecule has 25 heavy (non-hydrogen) atoms. The summed E-state index contributed by atoms with van der Waals surface area (Å²) in [4.78, 5) is 0. The van der Waals surface area contributed by atoms with Gasteiger partial charge in [0, 0.05) is 11.5 Å². The summed E-state index contributed by atoms with van der Waals surface area (Å²) in [7, 11) is 0. The molecule has 0 bridgehead atoms. The lowest BCUT2D eigenvalue weighted by atomic mass is 9.68. The van der Waals surface area contributed by atoms with Gasteiger partial charge in [-0.05, 0) is 55.4 Å². The van der Waals surface area contributed by atoms with Gasteiger partial charge >= 0.3 is 0 Å². The molecule has 1 heterocycles. The molecule has 1 aromatic carbocycles. The normalized spacial score (nSPS) is 33.3. The van der Waals surface area contributed by atoms with Crippen molar-refractivity contribution in [3.8, 4) is 0 Å². The second kappa shape index (κ2) is 8.68. The Morgan fingerprint density at radius 3 is 2.08 bits per heavy atom. The molecular formula is C23H36O2. The zero-order valence-electron chi connectivity index (χ0n) is 16.4. The van der Waals surface area contributed by atoms with E-state index in [0.717, 1.165) is 19.1 Å². The summed E-state index contributed by atoms with van der Waals surface area (Å²) in [6, 6.07) is 9.07. The van der Waals surface area contributed by atoms with Gasteiger partial charge in [0.2, 0.25) is 0 Å². The molecule has 0 amide bonds. The summed E-state index contributed by atoms with van der Waals surface area (Å²) in [6.07, 6.45) is 10.4. The Hall–Kier alpha value is -0.860. The molecule has 0 atom stereocenters. The van der Waals surface area contributed by atoms with Crippen LogP contribution >= 0.6 is 0 Å². The van der Waals surface area contributed by atoms with E-state index in [1.807, 2.05) is 0 Å². The summed E-state index contributed by atoms with van der Waals surface area (Å²) < 4.78 is 11.9. The number of benzene rings is 1. The summed E-state index contributed by atoms with van der Waals surface area (Å²) in [5.41, 5.74) is 3.26. The summed E-state index contributed by atoms with van der Waals surface area (Å²) in [5.74, 6) is 1.31. The van der Waals surface area contributed by atoms with E-state index < -0.39 is 0 Å². The number of hydrogen-bond donors (Lipinski definition) is 0. The molecule has 0 aromatic heterocycles. The molecule has 0 radical (unpaired) electrons. The molecule has 1 saturated carbocycles. The molecule has 140 valence electrons. The van der Waals surface area contributed by atoms with Crippen LogP contribution in [0, 0.1) is 11.3 Å². The Balaban J connectivity index is 1.53. The van der Waals surface area contributed by atoms with E-state index in [2.05, 4.69) is 45.0 Å². The van der Waals surface area contributed by atoms with Crippen molar-refractivity contribution in [3.63, 3.8) is 0 Å². The van der Waals surface area contributed by atoms with E-state index in [-0.39, 0.29) is 6.29 Å². The molecule has 3 rings (SSSR count). The lowest BCUT2D eigenvalue weighted by molar-refractivity contribution is -0.206. The van der Waals surface area contributed by atoms with Gasteiger partial charge in [0.1, 0.15) is 0 Å². The van der Waals surface area contributed by atoms with Crippen molar-refractivity contribution in [2.75, 3.05) is 13.2 Å². The predicted octanol–water partition coefficient (Wildman–Crippen LogP) is 6.61. The SMILES string of the molecule is CCCC1COC(c2ccc(C3CCC(C)(CCC)CC3)cc2)OC1. The third-order valence-corrected chi connectivity index (χ3v) is 6.39. The van der Waals surface area contributed by atoms with E-state index in [4.69, 9.17) is 9.47 Å². The van der Waals surface area contributed by atoms with Crippen molar-refractivity contribution in [2.45, 2.75) is 84.3 Å². The van der Waals surface area contributed by atoms with Crippen molar-refractivity contribution in [3.05, 3.63) is 35.4 Å². The smallest absolute Gasteiger partial charge is 0.183 e. The van der Waals surface area contributed by atoms with Gasteiger partial charge < -0.3 is 9.47 Å². The molecule has 1 saturated heterocycles. The monoisotopic (exact) mass is 344 g/mol. The molecule has 0 spiro atoms. The van der Waals surface area contributed by atoms with Crippen LogP contribution in [0.3, 0.4) is 0 Å². The molecule has 2 aliphatic rings. The van der Waals surface area contributed by atoms with Gasteiger partial charge in [0.05, 0.1) is 13.2 Å². The number of hydrogen-bond acceptors (Lipinski definition) is 2. The zero-order valence-corrected chi connectivity index (χ0v) is 16.4. The Kier molecular flexibility index (Phi) is 6.57. The van der Waals surface area contributed by atoms with Crippen molar-refractivity contribution in [1.82, 2.24) is 0 Å². The number of rotatable bonds is 6. The minimum atomic E-state index is -0.165. The highest BCUT2D eigenvalue weighted by Gasteiger charge is 2.31. The zero-order chi connectivity index (χ0) is 17.7. The first-order chi connectivity index (χ1) is 12.1. The van der Waals surface area contributed by atoms with Gasteiger partial charge in [0.25, 0.3) is 0 Å². The van der Waals surface area contributed by atoms with Gasteiger partial charge in [-0.15, -0.1) is 0 Å². The molecule has 1 aliphatic heterocycles. The van der Waals surface area contributed by atoms with Crippen LogP contribution < -0.4 is 0 Å². The highest BCUT2D eigenvalue weighted by atomic mass is 16.7. The first-order valence-corrected chi connectivity index (χ1v) is 10.5. The average Bonchev–Trinajstić information content (AvgIpc) is 2.64. The van der Waals surface area contributed by atoms with Gasteiger partial charge in [-0.1, -0.05) is 57.9 Å². The maximum atomic E-state index is 5.95. The quantitative estimate of drug-likeness (QED) is 0.578. The lowest BCUT2D eigenvalue weighted by Crippen LogP contribution is -2.27. The third kappa shape index (κ3) is 4.86. The Morgan fingerprint density at radius 1 is 0.920 bits per heavy atom. The molecule has 1 aliphatic carbocycles. The van der Waals surface area contributed by atoms with Gasteiger partial charge in [-0.2, -0.15) is 0 Å². The maximum Gasteiger partial charge on any atom is 0.183 e. The highest BCUT2D eigenvalue weighted by molar-refractivity contribution is 5.26. The fraction of sp³-hybridized carbons (Fsp3) is 0.739. The van der Waals surface area contributed by atoms with Crippen molar-refractivity contribution in [1.29, 1.82) is 0 Å². The van der Waals surface area contributed by atoms with Crippen LogP contribution in [-0.2, 0) is 9.47 Å². The van der Waals surface area contributed by atoms with E-state index in [9.17, 15) is 0 Å². The van der Waals surface area contributed by atoms with Crippen LogP contribution in [0.25, 0.3) is 0 Å². The Morgan fingerprint density at radius 2 is 1.52 bits per heavy atom. The summed E-state index contributed by atoms with van der Waals surface area (Å²) in [5, 5.41) is 0. The van der Waals surface area contributed by atoms with E-state index in [0.29, 0.717) is 11.3 Å². The largest absolute Gasteiger partial charge is 0.348 e. The first-order valence-electron chi connectivity index (χ1n) is 10.5. The fourth-order valence-corrected chi connectivity index (χ4v) is 4.74. The molecule has 2 fully saturated rings. The predicted molar refractivity (Wildman–Crippen MR) is 104 cm³/mol. The molecule has 0 unspecified atom stereocenters. The van der Waals surface area contributed by atoms with Crippen LogP contribution in [0.5, 0.6) is 0 Å². The minimum Gasteiger partial charge on any atom is -0.348 e. The molecule has 2 nitrogen and oxygen atoms in total. The minimum absolute atomic E-state index is 0.165. The Labute approximate surface area is 154 Å². The third-order valence-electron chi connectivity index (χ3n) is 6.39. The van der Waals surface area contributed by atoms with E-state index in [1.165, 1.54) is 62.5 Å². The van der Waals surface area contributed by atoms with Crippen LogP contribution in [0.1, 0.15) is 95.5 Å². The highest BCUT2D eigenvalue weighted by Crippen LogP contribution is 2.45. The van der Waals surface area contributed by atoms with Crippen LogP contribution in [0.2, 0.25) is 0 Å². The second-order valence-electron chi connectivity index (χ2n) is 8.65. The molecular weight excluding hydrogens is 308 g/mol. The second-order valence-corrected chi connectivity index (χ2v) is 8.65. The summed E-state index contributed by atoms with van der Waals surface area (Å²) >= 11 is 0. The number of ether oxygens (including phenoxy) is 2. The van der Waals surface area contributed by atoms with Crippen LogP contribution in [0.4, 0.5) is 0 Å². The van der Waals surface area contributed by atoms with Gasteiger partial charge in [-0.3, -0.25) is 0 Å². The van der Waals surface area contributed by atoms with E-state index in [1.54, 1.807) is 0 Å². The van der Waals surface area contributed by atoms with Crippen LogP contribution in [0.15, 0.2) is 24.3 Å². The van der Waals surface area contributed by atoms with E-state index >= 15 is 0 Å². The van der Waals surface area contributed by atoms with Crippen molar-refractivity contribution >= 4 is 0 Å². The van der Waals surface area contributed by atoms with Crippen molar-refractivity contribution in [2.24, 2.45) is 11.3 Å².